The number of benzene rings is 2. The summed E-state index contributed by atoms with van der Waals surface area (Å²) in [7, 11) is 4.13. The van der Waals surface area contributed by atoms with Crippen LogP contribution in [0.1, 0.15) is 16.8 Å². The minimum absolute atomic E-state index is 0.102. The van der Waals surface area contributed by atoms with Gasteiger partial charge in [0.2, 0.25) is 0 Å². The molecule has 6 heteroatoms. The molecule has 2 heterocycles. The molecule has 0 spiro atoms. The quantitative estimate of drug-likeness (QED) is 0.900. The van der Waals surface area contributed by atoms with Crippen molar-refractivity contribution in [3.63, 3.8) is 0 Å². The maximum Gasteiger partial charge on any atom is 0.253 e. The first-order chi connectivity index (χ1) is 13.1. The molecular formula is C21H25N3O3. The Morgan fingerprint density at radius 3 is 2.44 bits per heavy atom. The maximum atomic E-state index is 12.7. The number of nitrogens with one attached hydrogen (secondary N) is 1. The van der Waals surface area contributed by atoms with E-state index in [4.69, 9.17) is 9.47 Å². The van der Waals surface area contributed by atoms with Crippen molar-refractivity contribution in [2.45, 2.75) is 12.5 Å². The molecule has 1 amide bonds. The van der Waals surface area contributed by atoms with Crippen molar-refractivity contribution < 1.29 is 14.3 Å². The van der Waals surface area contributed by atoms with Gasteiger partial charge in [0.05, 0.1) is 0 Å². The van der Waals surface area contributed by atoms with Gasteiger partial charge in [-0.05, 0) is 56.9 Å². The minimum Gasteiger partial charge on any atom is -0.486 e. The first-order valence-electron chi connectivity index (χ1n) is 9.32. The van der Waals surface area contributed by atoms with Crippen molar-refractivity contribution in [3.05, 3.63) is 48.0 Å². The molecule has 6 nitrogen and oxygen atoms in total. The van der Waals surface area contributed by atoms with Gasteiger partial charge in [-0.15, -0.1) is 0 Å². The standard InChI is InChI=1S/C21H25N3O3/c1-23(2)18-9-10-24(14-18)21(25)15-3-5-16(6-4-15)22-17-7-8-19-20(13-17)27-12-11-26-19/h3-8,13,18,22H,9-12,14H2,1-2H3. The Hall–Kier alpha value is -2.73. The van der Waals surface area contributed by atoms with E-state index in [1.807, 2.05) is 47.4 Å². The van der Waals surface area contributed by atoms with E-state index in [2.05, 4.69) is 24.3 Å². The number of rotatable bonds is 4. The summed E-state index contributed by atoms with van der Waals surface area (Å²) >= 11 is 0. The number of likely N-dealkylation sites (tertiary alicyclic amines) is 1. The van der Waals surface area contributed by atoms with Crippen LogP contribution in [0.5, 0.6) is 11.5 Å². The van der Waals surface area contributed by atoms with E-state index in [1.54, 1.807) is 0 Å². The van der Waals surface area contributed by atoms with Gasteiger partial charge in [0.15, 0.2) is 11.5 Å². The molecule has 2 aliphatic rings. The smallest absolute Gasteiger partial charge is 0.253 e. The number of fused-ring (bicyclic) bond motifs is 1. The number of carbonyl (C=O) groups is 1. The predicted molar refractivity (Wildman–Crippen MR) is 105 cm³/mol. The second kappa shape index (κ2) is 7.48. The van der Waals surface area contributed by atoms with E-state index in [0.717, 1.165) is 47.9 Å². The summed E-state index contributed by atoms with van der Waals surface area (Å²) in [6.45, 7) is 2.77. The third-order valence-electron chi connectivity index (χ3n) is 5.14. The minimum atomic E-state index is 0.102. The largest absolute Gasteiger partial charge is 0.486 e. The highest BCUT2D eigenvalue weighted by atomic mass is 16.6. The molecule has 1 saturated heterocycles. The van der Waals surface area contributed by atoms with Crippen molar-refractivity contribution in [2.24, 2.45) is 0 Å². The molecule has 1 atom stereocenters. The Balaban J connectivity index is 1.41. The van der Waals surface area contributed by atoms with E-state index in [1.165, 1.54) is 0 Å². The highest BCUT2D eigenvalue weighted by molar-refractivity contribution is 5.94. The van der Waals surface area contributed by atoms with E-state index < -0.39 is 0 Å². The van der Waals surface area contributed by atoms with Crippen molar-refractivity contribution >= 4 is 17.3 Å². The summed E-state index contributed by atoms with van der Waals surface area (Å²) in [5.41, 5.74) is 2.57. The second-order valence-corrected chi connectivity index (χ2v) is 7.22. The van der Waals surface area contributed by atoms with Gasteiger partial charge < -0.3 is 24.6 Å². The Labute approximate surface area is 159 Å². The van der Waals surface area contributed by atoms with E-state index in [-0.39, 0.29) is 5.91 Å². The fourth-order valence-corrected chi connectivity index (χ4v) is 3.51. The molecule has 27 heavy (non-hydrogen) atoms. The average Bonchev–Trinajstić information content (AvgIpc) is 3.18. The van der Waals surface area contributed by atoms with Gasteiger partial charge in [0, 0.05) is 42.1 Å². The summed E-state index contributed by atoms with van der Waals surface area (Å²) in [5, 5.41) is 3.34. The summed E-state index contributed by atoms with van der Waals surface area (Å²) in [6, 6.07) is 13.9. The van der Waals surface area contributed by atoms with Gasteiger partial charge >= 0.3 is 0 Å². The molecule has 1 fully saturated rings. The van der Waals surface area contributed by atoms with Crippen molar-refractivity contribution in [1.29, 1.82) is 0 Å². The molecule has 2 aromatic rings. The lowest BCUT2D eigenvalue weighted by Gasteiger charge is -2.20. The number of carbonyl (C=O) groups excluding carboxylic acids is 1. The lowest BCUT2D eigenvalue weighted by atomic mass is 10.1. The van der Waals surface area contributed by atoms with E-state index in [9.17, 15) is 4.79 Å². The van der Waals surface area contributed by atoms with Gasteiger partial charge in [0.25, 0.3) is 5.91 Å². The zero-order valence-electron chi connectivity index (χ0n) is 15.8. The normalized spacial score (nSPS) is 18.6. The molecule has 0 bridgehead atoms. The van der Waals surface area contributed by atoms with Gasteiger partial charge in [-0.1, -0.05) is 0 Å². The Morgan fingerprint density at radius 2 is 1.74 bits per heavy atom. The second-order valence-electron chi connectivity index (χ2n) is 7.22. The number of hydrogen-bond donors (Lipinski definition) is 1. The highest BCUT2D eigenvalue weighted by Crippen LogP contribution is 2.33. The summed E-state index contributed by atoms with van der Waals surface area (Å²) < 4.78 is 11.2. The van der Waals surface area contributed by atoms with Gasteiger partial charge in [-0.2, -0.15) is 0 Å². The van der Waals surface area contributed by atoms with E-state index >= 15 is 0 Å². The molecule has 1 N–H and O–H groups in total. The van der Waals surface area contributed by atoms with Crippen LogP contribution >= 0.6 is 0 Å². The Morgan fingerprint density at radius 1 is 1.04 bits per heavy atom. The van der Waals surface area contributed by atoms with Gasteiger partial charge in [-0.25, -0.2) is 0 Å². The number of hydrogen-bond acceptors (Lipinski definition) is 5. The average molecular weight is 367 g/mol. The van der Waals surface area contributed by atoms with Crippen LogP contribution < -0.4 is 14.8 Å². The number of anilines is 2. The molecule has 142 valence electrons. The molecule has 2 aromatic carbocycles. The van der Waals surface area contributed by atoms with Crippen LogP contribution in [0, 0.1) is 0 Å². The zero-order chi connectivity index (χ0) is 18.8. The van der Waals surface area contributed by atoms with Crippen LogP contribution in [0.2, 0.25) is 0 Å². The van der Waals surface area contributed by atoms with E-state index in [0.29, 0.717) is 19.3 Å². The number of ether oxygens (including phenoxy) is 2. The number of nitrogens with zero attached hydrogens (tertiary/aromatic N) is 2. The number of amides is 1. The fourth-order valence-electron chi connectivity index (χ4n) is 3.51. The third kappa shape index (κ3) is 3.85. The summed E-state index contributed by atoms with van der Waals surface area (Å²) in [6.07, 6.45) is 1.03. The number of likely N-dealkylation sites (N-methyl/N-ethyl adjacent to an activating group) is 1. The predicted octanol–water partition coefficient (Wildman–Crippen LogP) is 2.98. The van der Waals surface area contributed by atoms with Gasteiger partial charge in [-0.3, -0.25) is 4.79 Å². The summed E-state index contributed by atoms with van der Waals surface area (Å²) in [5.74, 6) is 1.63. The van der Waals surface area contributed by atoms with Crippen LogP contribution in [0.15, 0.2) is 42.5 Å². The first kappa shape index (κ1) is 17.7. The van der Waals surface area contributed by atoms with Crippen molar-refractivity contribution in [3.8, 4) is 11.5 Å². The van der Waals surface area contributed by atoms with Crippen molar-refractivity contribution in [2.75, 3.05) is 45.7 Å². The Bertz CT molecular complexity index is 820. The molecule has 0 aliphatic carbocycles. The van der Waals surface area contributed by atoms with Crippen LogP contribution in [0.25, 0.3) is 0 Å². The molecule has 4 rings (SSSR count). The SMILES string of the molecule is CN(C)C1CCN(C(=O)c2ccc(Nc3ccc4c(c3)OCCO4)cc2)C1. The Kier molecular flexibility index (Phi) is 4.90. The molecule has 0 saturated carbocycles. The van der Waals surface area contributed by atoms with Crippen LogP contribution in [-0.4, -0.2) is 62.1 Å². The summed E-state index contributed by atoms with van der Waals surface area (Å²) in [4.78, 5) is 16.8. The molecular weight excluding hydrogens is 342 g/mol. The molecule has 2 aliphatic heterocycles. The highest BCUT2D eigenvalue weighted by Gasteiger charge is 2.27. The monoisotopic (exact) mass is 367 g/mol. The zero-order valence-corrected chi connectivity index (χ0v) is 15.8. The lowest BCUT2D eigenvalue weighted by Crippen LogP contribution is -2.34. The third-order valence-corrected chi connectivity index (χ3v) is 5.14. The van der Waals surface area contributed by atoms with Crippen LogP contribution in [0.3, 0.4) is 0 Å². The molecule has 0 radical (unpaired) electrons. The molecule has 0 aromatic heterocycles. The van der Waals surface area contributed by atoms with Crippen molar-refractivity contribution in [1.82, 2.24) is 9.80 Å². The first-order valence-corrected chi connectivity index (χ1v) is 9.32. The fraction of sp³-hybridized carbons (Fsp3) is 0.381. The topological polar surface area (TPSA) is 54.0 Å². The van der Waals surface area contributed by atoms with Crippen LogP contribution in [0.4, 0.5) is 11.4 Å². The lowest BCUT2D eigenvalue weighted by molar-refractivity contribution is 0.0783. The maximum absolute atomic E-state index is 12.7. The molecule has 1 unspecified atom stereocenters. The van der Waals surface area contributed by atoms with Gasteiger partial charge in [0.1, 0.15) is 13.2 Å². The van der Waals surface area contributed by atoms with Crippen LogP contribution in [-0.2, 0) is 0 Å².